The molecule has 68 valence electrons. The third-order valence-corrected chi connectivity index (χ3v) is 1.39. The van der Waals surface area contributed by atoms with Crippen LogP contribution < -0.4 is 0 Å². The fourth-order valence-electron chi connectivity index (χ4n) is 0.762. The molecule has 1 aromatic heterocycles. The van der Waals surface area contributed by atoms with E-state index in [-0.39, 0.29) is 0 Å². The monoisotopic (exact) mass is 178 g/mol. The van der Waals surface area contributed by atoms with E-state index in [0.717, 1.165) is 5.69 Å². The number of carbonyl (C=O) groups is 1. The summed E-state index contributed by atoms with van der Waals surface area (Å²) in [6.45, 7) is 3.91. The molecule has 1 aromatic rings. The lowest BCUT2D eigenvalue weighted by molar-refractivity contribution is -0.136. The molecule has 4 heteroatoms. The number of imidazole rings is 1. The number of rotatable bonds is 1. The molecule has 0 bridgehead atoms. The van der Waals surface area contributed by atoms with E-state index < -0.39 is 5.97 Å². The maximum Gasteiger partial charge on any atom is 0.384 e. The number of aromatic amines is 1. The number of nitrogens with zero attached hydrogens (tertiary/aromatic N) is 1. The molecular formula is C9H10N2O2. The molecule has 0 saturated carbocycles. The molecule has 0 unspecified atom stereocenters. The Morgan fingerprint density at radius 3 is 3.08 bits per heavy atom. The summed E-state index contributed by atoms with van der Waals surface area (Å²) in [6.07, 6.45) is 1.53. The van der Waals surface area contributed by atoms with Gasteiger partial charge in [-0.3, -0.25) is 0 Å². The minimum atomic E-state index is -0.523. The molecule has 0 aliphatic heterocycles. The number of aromatic nitrogens is 2. The fourth-order valence-corrected chi connectivity index (χ4v) is 0.762. The molecule has 1 rings (SSSR count). The Balaban J connectivity index is 2.67. The first kappa shape index (κ1) is 9.33. The molecule has 0 atom stereocenters. The van der Waals surface area contributed by atoms with E-state index in [9.17, 15) is 4.79 Å². The molecule has 0 aliphatic rings. The lowest BCUT2D eigenvalue weighted by Gasteiger charge is -1.90. The lowest BCUT2D eigenvalue weighted by atomic mass is 10.3. The Hall–Kier alpha value is -1.76. The Bertz CT molecular complexity index is 357. The number of carbonyl (C=O) groups excluding carboxylic acids is 1. The first-order valence-corrected chi connectivity index (χ1v) is 3.92. The average molecular weight is 178 g/mol. The van der Waals surface area contributed by atoms with Crippen LogP contribution in [0.2, 0.25) is 0 Å². The Kier molecular flexibility index (Phi) is 3.09. The summed E-state index contributed by atoms with van der Waals surface area (Å²) in [7, 11) is 0. The van der Waals surface area contributed by atoms with Crippen molar-refractivity contribution in [3.8, 4) is 11.8 Å². The van der Waals surface area contributed by atoms with Crippen LogP contribution in [0.15, 0.2) is 6.33 Å². The minimum absolute atomic E-state index is 0.340. The van der Waals surface area contributed by atoms with E-state index in [1.807, 2.05) is 6.92 Å². The maximum absolute atomic E-state index is 10.8. The van der Waals surface area contributed by atoms with Gasteiger partial charge in [-0.1, -0.05) is 0 Å². The van der Waals surface area contributed by atoms with Gasteiger partial charge in [0.1, 0.15) is 5.69 Å². The summed E-state index contributed by atoms with van der Waals surface area (Å²) in [4.78, 5) is 17.6. The normalized spacial score (nSPS) is 8.77. The van der Waals surface area contributed by atoms with Crippen LogP contribution in [0.25, 0.3) is 0 Å². The van der Waals surface area contributed by atoms with E-state index >= 15 is 0 Å². The molecule has 1 heterocycles. The molecular weight excluding hydrogens is 168 g/mol. The molecule has 13 heavy (non-hydrogen) atoms. The molecule has 1 N–H and O–H groups in total. The SMILES string of the molecule is CCOC(=O)C#Cc1nc[nH]c1C. The zero-order chi connectivity index (χ0) is 9.68. The van der Waals surface area contributed by atoms with Gasteiger partial charge in [-0.05, 0) is 19.8 Å². The standard InChI is InChI=1S/C9H10N2O2/c1-3-13-9(12)5-4-8-7(2)10-6-11-8/h6H,3H2,1-2H3,(H,10,11). The number of H-pyrrole nitrogens is 1. The molecule has 0 fully saturated rings. The van der Waals surface area contributed by atoms with Crippen LogP contribution in [-0.4, -0.2) is 22.5 Å². The quantitative estimate of drug-likeness (QED) is 0.507. The summed E-state index contributed by atoms with van der Waals surface area (Å²) in [5, 5.41) is 0. The van der Waals surface area contributed by atoms with Crippen molar-refractivity contribution in [2.24, 2.45) is 0 Å². The van der Waals surface area contributed by atoms with Crippen molar-refractivity contribution in [2.45, 2.75) is 13.8 Å². The first-order chi connectivity index (χ1) is 6.24. The third-order valence-electron chi connectivity index (χ3n) is 1.39. The number of hydrogen-bond donors (Lipinski definition) is 1. The molecule has 4 nitrogen and oxygen atoms in total. The van der Waals surface area contributed by atoms with Gasteiger partial charge in [0.25, 0.3) is 0 Å². The van der Waals surface area contributed by atoms with E-state index in [0.29, 0.717) is 12.3 Å². The van der Waals surface area contributed by atoms with Crippen LogP contribution in [-0.2, 0) is 9.53 Å². The predicted octanol–water partition coefficient (Wildman–Crippen LogP) is 0.633. The van der Waals surface area contributed by atoms with Crippen molar-refractivity contribution >= 4 is 5.97 Å². The highest BCUT2D eigenvalue weighted by atomic mass is 16.5. The van der Waals surface area contributed by atoms with Crippen LogP contribution in [0, 0.1) is 18.8 Å². The van der Waals surface area contributed by atoms with Gasteiger partial charge < -0.3 is 9.72 Å². The van der Waals surface area contributed by atoms with Crippen molar-refractivity contribution in [3.63, 3.8) is 0 Å². The predicted molar refractivity (Wildman–Crippen MR) is 46.8 cm³/mol. The van der Waals surface area contributed by atoms with Crippen LogP contribution >= 0.6 is 0 Å². The first-order valence-electron chi connectivity index (χ1n) is 3.92. The summed E-state index contributed by atoms with van der Waals surface area (Å²) in [5.41, 5.74) is 1.42. The van der Waals surface area contributed by atoms with Crippen molar-refractivity contribution in [1.82, 2.24) is 9.97 Å². The highest BCUT2D eigenvalue weighted by molar-refractivity contribution is 5.89. The Labute approximate surface area is 76.3 Å². The van der Waals surface area contributed by atoms with Gasteiger partial charge in [0.05, 0.1) is 12.9 Å². The van der Waals surface area contributed by atoms with Gasteiger partial charge in [0.15, 0.2) is 0 Å². The van der Waals surface area contributed by atoms with Crippen molar-refractivity contribution in [1.29, 1.82) is 0 Å². The second-order valence-corrected chi connectivity index (χ2v) is 2.35. The van der Waals surface area contributed by atoms with E-state index in [1.54, 1.807) is 6.92 Å². The third kappa shape index (κ3) is 2.64. The van der Waals surface area contributed by atoms with Gasteiger partial charge >= 0.3 is 5.97 Å². The van der Waals surface area contributed by atoms with E-state index in [1.165, 1.54) is 6.33 Å². The number of ether oxygens (including phenoxy) is 1. The zero-order valence-corrected chi connectivity index (χ0v) is 7.55. The minimum Gasteiger partial charge on any atom is -0.456 e. The second kappa shape index (κ2) is 4.31. The summed E-state index contributed by atoms with van der Waals surface area (Å²) < 4.78 is 4.63. The summed E-state index contributed by atoms with van der Waals surface area (Å²) in [6, 6.07) is 0. The van der Waals surface area contributed by atoms with Gasteiger partial charge in [-0.2, -0.15) is 0 Å². The highest BCUT2D eigenvalue weighted by Gasteiger charge is 1.97. The lowest BCUT2D eigenvalue weighted by Crippen LogP contribution is -1.99. The number of nitrogens with one attached hydrogen (secondary N) is 1. The molecule has 0 amide bonds. The van der Waals surface area contributed by atoms with Crippen LogP contribution in [0.4, 0.5) is 0 Å². The topological polar surface area (TPSA) is 55.0 Å². The molecule has 0 radical (unpaired) electrons. The number of esters is 1. The van der Waals surface area contributed by atoms with Crippen molar-refractivity contribution in [3.05, 3.63) is 17.7 Å². The van der Waals surface area contributed by atoms with Crippen LogP contribution in [0.5, 0.6) is 0 Å². The van der Waals surface area contributed by atoms with Crippen LogP contribution in [0.3, 0.4) is 0 Å². The van der Waals surface area contributed by atoms with Gasteiger partial charge in [-0.25, -0.2) is 9.78 Å². The second-order valence-electron chi connectivity index (χ2n) is 2.35. The summed E-state index contributed by atoms with van der Waals surface area (Å²) >= 11 is 0. The smallest absolute Gasteiger partial charge is 0.384 e. The molecule has 0 saturated heterocycles. The zero-order valence-electron chi connectivity index (χ0n) is 7.55. The maximum atomic E-state index is 10.8. The highest BCUT2D eigenvalue weighted by Crippen LogP contribution is 1.96. The summed E-state index contributed by atoms with van der Waals surface area (Å²) in [5.74, 6) is 4.42. The average Bonchev–Trinajstić information content (AvgIpc) is 2.48. The Morgan fingerprint density at radius 1 is 1.77 bits per heavy atom. The number of aryl methyl sites for hydroxylation is 1. The van der Waals surface area contributed by atoms with Gasteiger partial charge in [-0.15, -0.1) is 0 Å². The Morgan fingerprint density at radius 2 is 2.54 bits per heavy atom. The van der Waals surface area contributed by atoms with Crippen LogP contribution in [0.1, 0.15) is 18.3 Å². The molecule has 0 aliphatic carbocycles. The fraction of sp³-hybridized carbons (Fsp3) is 0.333. The van der Waals surface area contributed by atoms with Crippen molar-refractivity contribution in [2.75, 3.05) is 6.61 Å². The van der Waals surface area contributed by atoms with Gasteiger partial charge in [0.2, 0.25) is 0 Å². The van der Waals surface area contributed by atoms with E-state index in [2.05, 4.69) is 26.5 Å². The molecule has 0 aromatic carbocycles. The molecule has 0 spiro atoms. The van der Waals surface area contributed by atoms with E-state index in [4.69, 9.17) is 0 Å². The number of hydrogen-bond acceptors (Lipinski definition) is 3. The largest absolute Gasteiger partial charge is 0.456 e. The van der Waals surface area contributed by atoms with Gasteiger partial charge in [0, 0.05) is 11.6 Å². The van der Waals surface area contributed by atoms with Crippen molar-refractivity contribution < 1.29 is 9.53 Å².